The van der Waals surface area contributed by atoms with E-state index in [4.69, 9.17) is 0 Å². The second-order valence-corrected chi connectivity index (χ2v) is 3.05. The number of hydrogen-bond acceptors (Lipinski definition) is 2. The van der Waals surface area contributed by atoms with Crippen LogP contribution in [0.3, 0.4) is 0 Å². The molecule has 1 aromatic heterocycles. The van der Waals surface area contributed by atoms with E-state index in [0.29, 0.717) is 0 Å². The summed E-state index contributed by atoms with van der Waals surface area (Å²) in [5.41, 5.74) is 2.00. The van der Waals surface area contributed by atoms with Gasteiger partial charge in [0.25, 0.3) is 0 Å². The molecule has 0 bridgehead atoms. The van der Waals surface area contributed by atoms with Crippen LogP contribution in [0, 0.1) is 0 Å². The molecule has 0 saturated carbocycles. The Morgan fingerprint density at radius 2 is 1.92 bits per heavy atom. The molecule has 0 unspecified atom stereocenters. The molecule has 68 valence electrons. The van der Waals surface area contributed by atoms with Crippen molar-refractivity contribution in [2.45, 2.75) is 13.3 Å². The van der Waals surface area contributed by atoms with Crippen LogP contribution in [-0.2, 0) is 6.42 Å². The van der Waals surface area contributed by atoms with Gasteiger partial charge in [0.05, 0.1) is 0 Å². The topological polar surface area (TPSA) is 56.2 Å². The minimum atomic E-state index is -0.0861. The molecular formula is C10H11NO2. The van der Waals surface area contributed by atoms with Crippen molar-refractivity contribution >= 4 is 10.9 Å². The molecule has 0 aliphatic heterocycles. The first-order valence-corrected chi connectivity index (χ1v) is 4.24. The van der Waals surface area contributed by atoms with Crippen molar-refractivity contribution in [2.75, 3.05) is 0 Å². The molecule has 0 spiro atoms. The van der Waals surface area contributed by atoms with Crippen molar-refractivity contribution < 1.29 is 10.2 Å². The number of aromatic hydroxyl groups is 2. The molecule has 13 heavy (non-hydrogen) atoms. The maximum Gasteiger partial charge on any atom is 0.159 e. The number of aromatic amines is 1. The van der Waals surface area contributed by atoms with Crippen LogP contribution >= 0.6 is 0 Å². The number of aryl methyl sites for hydroxylation is 1. The average Bonchev–Trinajstić information content (AvgIpc) is 2.48. The zero-order valence-corrected chi connectivity index (χ0v) is 7.33. The van der Waals surface area contributed by atoms with Gasteiger partial charge in [0.1, 0.15) is 0 Å². The third kappa shape index (κ3) is 1.13. The van der Waals surface area contributed by atoms with E-state index in [1.807, 2.05) is 13.1 Å². The molecule has 0 aliphatic rings. The first-order valence-electron chi connectivity index (χ1n) is 4.24. The predicted octanol–water partition coefficient (Wildman–Crippen LogP) is 2.14. The summed E-state index contributed by atoms with van der Waals surface area (Å²) >= 11 is 0. The molecule has 0 aliphatic carbocycles. The van der Waals surface area contributed by atoms with Crippen LogP contribution < -0.4 is 0 Å². The van der Waals surface area contributed by atoms with Gasteiger partial charge in [-0.15, -0.1) is 0 Å². The van der Waals surface area contributed by atoms with Crippen molar-refractivity contribution in [3.05, 3.63) is 23.9 Å². The van der Waals surface area contributed by atoms with E-state index in [-0.39, 0.29) is 11.5 Å². The van der Waals surface area contributed by atoms with Crippen LogP contribution in [0.5, 0.6) is 11.5 Å². The van der Waals surface area contributed by atoms with Gasteiger partial charge >= 0.3 is 0 Å². The highest BCUT2D eigenvalue weighted by molar-refractivity contribution is 5.86. The first kappa shape index (κ1) is 7.98. The zero-order chi connectivity index (χ0) is 9.42. The Bertz CT molecular complexity index is 445. The van der Waals surface area contributed by atoms with Crippen molar-refractivity contribution in [1.29, 1.82) is 0 Å². The maximum absolute atomic E-state index is 9.29. The number of aromatic nitrogens is 1. The lowest BCUT2D eigenvalue weighted by molar-refractivity contribution is 0.405. The Hall–Kier alpha value is -1.64. The van der Waals surface area contributed by atoms with Crippen LogP contribution in [0.1, 0.15) is 12.5 Å². The monoisotopic (exact) mass is 177 g/mol. The van der Waals surface area contributed by atoms with E-state index in [0.717, 1.165) is 22.9 Å². The molecule has 2 rings (SSSR count). The average molecular weight is 177 g/mol. The summed E-state index contributed by atoms with van der Waals surface area (Å²) in [6.07, 6.45) is 2.80. The molecule has 0 radical (unpaired) electrons. The van der Waals surface area contributed by atoms with Crippen molar-refractivity contribution in [2.24, 2.45) is 0 Å². The number of hydrogen-bond donors (Lipinski definition) is 3. The van der Waals surface area contributed by atoms with Gasteiger partial charge in [-0.3, -0.25) is 0 Å². The number of nitrogens with one attached hydrogen (secondary N) is 1. The van der Waals surface area contributed by atoms with E-state index in [2.05, 4.69) is 4.98 Å². The highest BCUT2D eigenvalue weighted by Gasteiger charge is 2.06. The Labute approximate surface area is 75.6 Å². The van der Waals surface area contributed by atoms with Crippen LogP contribution in [0.2, 0.25) is 0 Å². The largest absolute Gasteiger partial charge is 0.504 e. The fourth-order valence-electron chi connectivity index (χ4n) is 1.50. The van der Waals surface area contributed by atoms with E-state index in [1.54, 1.807) is 6.07 Å². The third-order valence-electron chi connectivity index (χ3n) is 2.24. The van der Waals surface area contributed by atoms with E-state index < -0.39 is 0 Å². The van der Waals surface area contributed by atoms with E-state index in [1.165, 1.54) is 6.07 Å². The van der Waals surface area contributed by atoms with Crippen LogP contribution in [0.4, 0.5) is 0 Å². The summed E-state index contributed by atoms with van der Waals surface area (Å²) in [4.78, 5) is 3.04. The summed E-state index contributed by atoms with van der Waals surface area (Å²) < 4.78 is 0. The van der Waals surface area contributed by atoms with Gasteiger partial charge in [-0.05, 0) is 18.1 Å². The van der Waals surface area contributed by atoms with Gasteiger partial charge in [0, 0.05) is 23.2 Å². The Morgan fingerprint density at radius 3 is 2.62 bits per heavy atom. The molecule has 1 aromatic carbocycles. The van der Waals surface area contributed by atoms with Gasteiger partial charge in [0.15, 0.2) is 11.5 Å². The minimum absolute atomic E-state index is 0.0678. The third-order valence-corrected chi connectivity index (χ3v) is 2.24. The molecule has 0 saturated heterocycles. The van der Waals surface area contributed by atoms with Gasteiger partial charge in [-0.25, -0.2) is 0 Å². The number of H-pyrrole nitrogens is 1. The normalized spacial score (nSPS) is 10.8. The van der Waals surface area contributed by atoms with E-state index in [9.17, 15) is 10.2 Å². The molecule has 2 aromatic rings. The molecule has 3 nitrogen and oxygen atoms in total. The van der Waals surface area contributed by atoms with Crippen molar-refractivity contribution in [3.8, 4) is 11.5 Å². The molecule has 0 atom stereocenters. The van der Waals surface area contributed by atoms with Gasteiger partial charge < -0.3 is 15.2 Å². The predicted molar refractivity (Wildman–Crippen MR) is 51.0 cm³/mol. The van der Waals surface area contributed by atoms with E-state index >= 15 is 0 Å². The second-order valence-electron chi connectivity index (χ2n) is 3.05. The number of rotatable bonds is 1. The van der Waals surface area contributed by atoms with Gasteiger partial charge in [-0.1, -0.05) is 6.92 Å². The summed E-state index contributed by atoms with van der Waals surface area (Å²) in [6, 6.07) is 3.11. The summed E-state index contributed by atoms with van der Waals surface area (Å²) in [6.45, 7) is 2.05. The first-order chi connectivity index (χ1) is 6.22. The molecule has 3 heteroatoms. The molecule has 0 fully saturated rings. The number of fused-ring (bicyclic) bond motifs is 1. The maximum atomic E-state index is 9.29. The van der Waals surface area contributed by atoms with Crippen molar-refractivity contribution in [1.82, 2.24) is 4.98 Å². The summed E-state index contributed by atoms with van der Waals surface area (Å²) in [7, 11) is 0. The quantitative estimate of drug-likeness (QED) is 0.584. The Kier molecular flexibility index (Phi) is 1.65. The highest BCUT2D eigenvalue weighted by atomic mass is 16.3. The van der Waals surface area contributed by atoms with Crippen molar-refractivity contribution in [3.63, 3.8) is 0 Å². The number of phenols is 2. The Balaban J connectivity index is 2.77. The standard InChI is InChI=1S/C10H11NO2/c1-2-6-5-11-8-4-10(13)9(12)3-7(6)8/h3-5,11-13H,2H2,1H3. The van der Waals surface area contributed by atoms with Crippen LogP contribution in [0.15, 0.2) is 18.3 Å². The highest BCUT2D eigenvalue weighted by Crippen LogP contribution is 2.31. The lowest BCUT2D eigenvalue weighted by atomic mass is 10.1. The number of phenolic OH excluding ortho intramolecular Hbond substituents is 2. The molecular weight excluding hydrogens is 166 g/mol. The lowest BCUT2D eigenvalue weighted by Gasteiger charge is -1.98. The second kappa shape index (κ2) is 2.69. The van der Waals surface area contributed by atoms with Crippen LogP contribution in [-0.4, -0.2) is 15.2 Å². The Morgan fingerprint density at radius 1 is 1.23 bits per heavy atom. The lowest BCUT2D eigenvalue weighted by Crippen LogP contribution is -1.75. The molecule has 1 heterocycles. The van der Waals surface area contributed by atoms with Crippen LogP contribution in [0.25, 0.3) is 10.9 Å². The van der Waals surface area contributed by atoms with Gasteiger partial charge in [-0.2, -0.15) is 0 Å². The number of benzene rings is 1. The summed E-state index contributed by atoms with van der Waals surface area (Å²) in [5.74, 6) is -0.154. The summed E-state index contributed by atoms with van der Waals surface area (Å²) in [5, 5.41) is 19.5. The zero-order valence-electron chi connectivity index (χ0n) is 7.33. The molecule has 0 amide bonds. The minimum Gasteiger partial charge on any atom is -0.504 e. The SMILES string of the molecule is CCc1c[nH]c2cc(O)c(O)cc12. The fraction of sp³-hybridized carbons (Fsp3) is 0.200. The fourth-order valence-corrected chi connectivity index (χ4v) is 1.50. The molecule has 3 N–H and O–H groups in total. The van der Waals surface area contributed by atoms with Gasteiger partial charge in [0.2, 0.25) is 0 Å². The smallest absolute Gasteiger partial charge is 0.159 e.